The molecule has 1 fully saturated rings. The number of hydrogen-bond acceptors (Lipinski definition) is 4. The SMILES string of the molecule is CC(=O)N1CC[C@@]2(C1)CN(C(=O)Nc1ncc(Cl)s1)c1ccc(Cl)cc12. The van der Waals surface area contributed by atoms with Crippen LogP contribution >= 0.6 is 34.5 Å². The number of nitrogens with one attached hydrogen (secondary N) is 1. The summed E-state index contributed by atoms with van der Waals surface area (Å²) in [6.45, 7) is 3.34. The van der Waals surface area contributed by atoms with E-state index in [4.69, 9.17) is 23.2 Å². The third-order valence-electron chi connectivity index (χ3n) is 5.02. The molecule has 1 aromatic carbocycles. The summed E-state index contributed by atoms with van der Waals surface area (Å²) in [7, 11) is 0. The first-order valence-electron chi connectivity index (χ1n) is 8.13. The Hall–Kier alpha value is -1.83. The second-order valence-electron chi connectivity index (χ2n) is 6.62. The first-order valence-corrected chi connectivity index (χ1v) is 9.71. The van der Waals surface area contributed by atoms with Crippen molar-refractivity contribution < 1.29 is 9.59 Å². The van der Waals surface area contributed by atoms with Gasteiger partial charge in [0.2, 0.25) is 5.91 Å². The van der Waals surface area contributed by atoms with Crippen LogP contribution in [-0.2, 0) is 10.2 Å². The van der Waals surface area contributed by atoms with E-state index < -0.39 is 0 Å². The zero-order chi connectivity index (χ0) is 18.5. The number of fused-ring (bicyclic) bond motifs is 2. The predicted molar refractivity (Wildman–Crippen MR) is 103 cm³/mol. The number of aromatic nitrogens is 1. The van der Waals surface area contributed by atoms with Crippen LogP contribution in [-0.4, -0.2) is 41.5 Å². The van der Waals surface area contributed by atoms with E-state index in [1.54, 1.807) is 17.9 Å². The first kappa shape index (κ1) is 17.6. The fourth-order valence-corrected chi connectivity index (χ4v) is 4.76. The van der Waals surface area contributed by atoms with Crippen molar-refractivity contribution in [3.8, 4) is 0 Å². The molecule has 4 rings (SSSR count). The minimum Gasteiger partial charge on any atom is -0.342 e. The van der Waals surface area contributed by atoms with Gasteiger partial charge < -0.3 is 4.90 Å². The number of thiazole rings is 1. The van der Waals surface area contributed by atoms with Crippen molar-refractivity contribution in [2.75, 3.05) is 29.9 Å². The van der Waals surface area contributed by atoms with Gasteiger partial charge in [-0.15, -0.1) is 0 Å². The quantitative estimate of drug-likeness (QED) is 0.772. The number of rotatable bonds is 1. The van der Waals surface area contributed by atoms with Gasteiger partial charge in [-0.1, -0.05) is 34.5 Å². The van der Waals surface area contributed by atoms with Gasteiger partial charge in [0.25, 0.3) is 0 Å². The van der Waals surface area contributed by atoms with Crippen molar-refractivity contribution in [1.82, 2.24) is 9.88 Å². The lowest BCUT2D eigenvalue weighted by Gasteiger charge is -2.25. The second kappa shape index (κ2) is 6.40. The molecule has 2 aliphatic rings. The third kappa shape index (κ3) is 2.94. The molecule has 1 atom stereocenters. The molecule has 1 saturated heterocycles. The first-order chi connectivity index (χ1) is 12.4. The van der Waals surface area contributed by atoms with Gasteiger partial charge >= 0.3 is 6.03 Å². The number of nitrogens with zero attached hydrogens (tertiary/aromatic N) is 3. The normalized spacial score (nSPS) is 21.3. The molecule has 0 saturated carbocycles. The zero-order valence-electron chi connectivity index (χ0n) is 14.0. The Morgan fingerprint density at radius 1 is 1.31 bits per heavy atom. The molecule has 0 bridgehead atoms. The average molecular weight is 411 g/mol. The van der Waals surface area contributed by atoms with Gasteiger partial charge in [0, 0.05) is 42.7 Å². The number of carbonyl (C=O) groups excluding carboxylic acids is 2. The van der Waals surface area contributed by atoms with Gasteiger partial charge in [-0.3, -0.25) is 15.0 Å². The summed E-state index contributed by atoms with van der Waals surface area (Å²) in [6, 6.07) is 5.28. The maximum absolute atomic E-state index is 12.9. The molecule has 3 amide bonds. The zero-order valence-corrected chi connectivity index (χ0v) is 16.3. The molecule has 136 valence electrons. The Morgan fingerprint density at radius 3 is 2.77 bits per heavy atom. The standard InChI is InChI=1S/C17H16Cl2N4O2S/c1-10(24)22-5-4-17(8-22)9-23(13-3-2-11(18)6-12(13)17)16(25)21-15-20-7-14(19)26-15/h2-3,6-7H,4-5,8-9H2,1H3,(H,20,21,25)/t17-/m1/s1. The summed E-state index contributed by atoms with van der Waals surface area (Å²) in [5.41, 5.74) is 1.55. The maximum atomic E-state index is 12.9. The van der Waals surface area contributed by atoms with Gasteiger partial charge in [-0.2, -0.15) is 0 Å². The van der Waals surface area contributed by atoms with Gasteiger partial charge in [0.1, 0.15) is 4.34 Å². The van der Waals surface area contributed by atoms with Gasteiger partial charge in [0.15, 0.2) is 5.13 Å². The van der Waals surface area contributed by atoms with Crippen molar-refractivity contribution >= 4 is 57.3 Å². The van der Waals surface area contributed by atoms with Crippen LogP contribution in [0.3, 0.4) is 0 Å². The van der Waals surface area contributed by atoms with Crippen LogP contribution in [0, 0.1) is 0 Å². The Bertz CT molecular complexity index is 903. The van der Waals surface area contributed by atoms with Crippen molar-refractivity contribution in [3.63, 3.8) is 0 Å². The van der Waals surface area contributed by atoms with E-state index in [0.29, 0.717) is 34.1 Å². The summed E-state index contributed by atoms with van der Waals surface area (Å²) >= 11 is 13.3. The topological polar surface area (TPSA) is 65.5 Å². The van der Waals surface area contributed by atoms with Crippen molar-refractivity contribution in [3.05, 3.63) is 39.3 Å². The number of amides is 3. The highest BCUT2D eigenvalue weighted by Gasteiger charge is 2.49. The lowest BCUT2D eigenvalue weighted by molar-refractivity contribution is -0.127. The summed E-state index contributed by atoms with van der Waals surface area (Å²) in [5.74, 6) is 0.0470. The number of anilines is 2. The summed E-state index contributed by atoms with van der Waals surface area (Å²) in [4.78, 5) is 32.3. The Kier molecular flexibility index (Phi) is 4.33. The van der Waals surface area contributed by atoms with E-state index in [-0.39, 0.29) is 17.4 Å². The van der Waals surface area contributed by atoms with Crippen LogP contribution in [0.1, 0.15) is 18.9 Å². The number of likely N-dealkylation sites (tertiary alicyclic amines) is 1. The molecular formula is C17H16Cl2N4O2S. The summed E-state index contributed by atoms with van der Waals surface area (Å²) in [6.07, 6.45) is 2.30. The summed E-state index contributed by atoms with van der Waals surface area (Å²) < 4.78 is 0.512. The molecule has 1 N–H and O–H groups in total. The molecule has 0 aliphatic carbocycles. The molecule has 2 aromatic rings. The second-order valence-corrected chi connectivity index (χ2v) is 8.72. The van der Waals surface area contributed by atoms with Gasteiger partial charge in [0.05, 0.1) is 6.20 Å². The molecular weight excluding hydrogens is 395 g/mol. The molecule has 9 heteroatoms. The minimum atomic E-state index is -0.288. The average Bonchev–Trinajstić information content (AvgIpc) is 3.27. The van der Waals surface area contributed by atoms with E-state index >= 15 is 0 Å². The number of urea groups is 1. The molecule has 1 aromatic heterocycles. The Balaban J connectivity index is 1.66. The minimum absolute atomic E-state index is 0.0470. The number of hydrogen-bond donors (Lipinski definition) is 1. The maximum Gasteiger partial charge on any atom is 0.328 e. The van der Waals surface area contributed by atoms with E-state index in [2.05, 4.69) is 10.3 Å². The number of benzene rings is 1. The van der Waals surface area contributed by atoms with Crippen molar-refractivity contribution in [2.45, 2.75) is 18.8 Å². The van der Waals surface area contributed by atoms with Crippen LogP contribution in [0.5, 0.6) is 0 Å². The highest BCUT2D eigenvalue weighted by atomic mass is 35.5. The number of halogens is 2. The van der Waals surface area contributed by atoms with Crippen LogP contribution in [0.2, 0.25) is 9.36 Å². The molecule has 2 aliphatic heterocycles. The van der Waals surface area contributed by atoms with E-state index in [1.807, 2.05) is 17.0 Å². The summed E-state index contributed by atoms with van der Waals surface area (Å²) in [5, 5.41) is 3.87. The monoisotopic (exact) mass is 410 g/mol. The highest BCUT2D eigenvalue weighted by molar-refractivity contribution is 7.19. The number of carbonyl (C=O) groups is 2. The Morgan fingerprint density at radius 2 is 2.12 bits per heavy atom. The predicted octanol–water partition coefficient (Wildman–Crippen LogP) is 3.99. The van der Waals surface area contributed by atoms with Crippen molar-refractivity contribution in [2.24, 2.45) is 0 Å². The highest BCUT2D eigenvalue weighted by Crippen LogP contribution is 2.47. The fraction of sp³-hybridized carbons (Fsp3) is 0.353. The van der Waals surface area contributed by atoms with Crippen molar-refractivity contribution in [1.29, 1.82) is 0 Å². The molecule has 0 radical (unpaired) electrons. The van der Waals surface area contributed by atoms with E-state index in [1.165, 1.54) is 17.5 Å². The lowest BCUT2D eigenvalue weighted by Crippen LogP contribution is -2.41. The molecule has 1 spiro atoms. The molecule has 3 heterocycles. The third-order valence-corrected chi connectivity index (χ3v) is 6.28. The van der Waals surface area contributed by atoms with Crippen LogP contribution < -0.4 is 10.2 Å². The lowest BCUT2D eigenvalue weighted by atomic mass is 9.81. The van der Waals surface area contributed by atoms with Gasteiger partial charge in [-0.05, 0) is 30.2 Å². The van der Waals surface area contributed by atoms with Crippen LogP contribution in [0.25, 0.3) is 0 Å². The fourth-order valence-electron chi connectivity index (χ4n) is 3.78. The molecule has 6 nitrogen and oxygen atoms in total. The van der Waals surface area contributed by atoms with Crippen LogP contribution in [0.15, 0.2) is 24.4 Å². The Labute approximate surface area is 164 Å². The van der Waals surface area contributed by atoms with Gasteiger partial charge in [-0.25, -0.2) is 9.78 Å². The van der Waals surface area contributed by atoms with E-state index in [0.717, 1.165) is 17.7 Å². The van der Waals surface area contributed by atoms with E-state index in [9.17, 15) is 9.59 Å². The largest absolute Gasteiger partial charge is 0.342 e. The molecule has 0 unspecified atom stereocenters. The smallest absolute Gasteiger partial charge is 0.328 e. The molecule has 26 heavy (non-hydrogen) atoms. The van der Waals surface area contributed by atoms with Crippen LogP contribution in [0.4, 0.5) is 15.6 Å².